The Morgan fingerprint density at radius 1 is 1.05 bits per heavy atom. The number of carbonyl (C=O) groups excluding carboxylic acids is 2. The number of rotatable bonds is 9. The third-order valence-corrected chi connectivity index (χ3v) is 7.80. The molecule has 39 heavy (non-hydrogen) atoms. The van der Waals surface area contributed by atoms with Gasteiger partial charge in [0.2, 0.25) is 11.8 Å². The van der Waals surface area contributed by atoms with Crippen LogP contribution in [0.1, 0.15) is 75.4 Å². The molecule has 1 aliphatic heterocycles. The van der Waals surface area contributed by atoms with Crippen LogP contribution in [0.3, 0.4) is 0 Å². The number of hydrogen-bond donors (Lipinski definition) is 0. The summed E-state index contributed by atoms with van der Waals surface area (Å²) in [5, 5.41) is 0.632. The second-order valence-corrected chi connectivity index (χ2v) is 10.4. The molecule has 4 rings (SSSR count). The number of nitrogens with zero attached hydrogens (tertiary/aromatic N) is 2. The lowest BCUT2D eigenvalue weighted by Crippen LogP contribution is -2.41. The van der Waals surface area contributed by atoms with E-state index in [1.54, 1.807) is 14.0 Å². The average Bonchev–Trinajstić information content (AvgIpc) is 2.93. The number of methoxy groups -OCH3 is 1. The van der Waals surface area contributed by atoms with E-state index in [0.29, 0.717) is 23.1 Å². The molecule has 0 bridgehead atoms. The van der Waals surface area contributed by atoms with E-state index in [2.05, 4.69) is 6.92 Å². The van der Waals surface area contributed by atoms with Crippen LogP contribution in [0.15, 0.2) is 60.7 Å². The van der Waals surface area contributed by atoms with Gasteiger partial charge in [0.25, 0.3) is 0 Å². The number of carbonyl (C=O) groups is 2. The Morgan fingerprint density at radius 2 is 1.72 bits per heavy atom. The summed E-state index contributed by atoms with van der Waals surface area (Å²) in [6.07, 6.45) is 1.11. The summed E-state index contributed by atoms with van der Waals surface area (Å²) in [5.41, 5.74) is 4.64. The van der Waals surface area contributed by atoms with Crippen LogP contribution >= 0.6 is 11.6 Å². The number of ether oxygens (including phenoxy) is 2. The van der Waals surface area contributed by atoms with E-state index in [4.69, 9.17) is 21.1 Å². The van der Waals surface area contributed by atoms with Crippen LogP contribution < -0.4 is 14.4 Å². The first kappa shape index (κ1) is 28.5. The van der Waals surface area contributed by atoms with Gasteiger partial charge >= 0.3 is 0 Å². The fourth-order valence-electron chi connectivity index (χ4n) is 5.24. The summed E-state index contributed by atoms with van der Waals surface area (Å²) >= 11 is 6.23. The van der Waals surface area contributed by atoms with Gasteiger partial charge in [0.1, 0.15) is 0 Å². The van der Waals surface area contributed by atoms with Gasteiger partial charge in [-0.25, -0.2) is 0 Å². The van der Waals surface area contributed by atoms with E-state index in [0.717, 1.165) is 34.4 Å². The van der Waals surface area contributed by atoms with Gasteiger partial charge in [-0.05, 0) is 85.8 Å². The lowest BCUT2D eigenvalue weighted by Gasteiger charge is -2.38. The molecule has 2 amide bonds. The SMILES string of the molecule is CCC(C)Oc1cc2c(cc1OC)CC(=O)N(c1ccc([C@@H](C)N(CC)C(C)=O)cc1)[C@@H]2c1ccc(Cl)cc1. The number of benzene rings is 3. The first-order valence-electron chi connectivity index (χ1n) is 13.5. The van der Waals surface area contributed by atoms with Crippen molar-refractivity contribution in [3.63, 3.8) is 0 Å². The highest BCUT2D eigenvalue weighted by molar-refractivity contribution is 6.30. The number of hydrogen-bond acceptors (Lipinski definition) is 4. The minimum Gasteiger partial charge on any atom is -0.493 e. The van der Waals surface area contributed by atoms with Crippen molar-refractivity contribution < 1.29 is 19.1 Å². The maximum atomic E-state index is 13.8. The second kappa shape index (κ2) is 12.1. The van der Waals surface area contributed by atoms with E-state index < -0.39 is 0 Å². The summed E-state index contributed by atoms with van der Waals surface area (Å²) in [4.78, 5) is 29.5. The van der Waals surface area contributed by atoms with E-state index in [9.17, 15) is 9.59 Å². The first-order chi connectivity index (χ1) is 18.7. The van der Waals surface area contributed by atoms with Gasteiger partial charge in [0.05, 0.1) is 31.7 Å². The van der Waals surface area contributed by atoms with E-state index in [-0.39, 0.29) is 36.4 Å². The highest BCUT2D eigenvalue weighted by Crippen LogP contribution is 2.44. The molecule has 6 nitrogen and oxygen atoms in total. The summed E-state index contributed by atoms with van der Waals surface area (Å²) in [6, 6.07) is 19.0. The Kier molecular flexibility index (Phi) is 8.86. The molecule has 3 atom stereocenters. The molecule has 7 heteroatoms. The third kappa shape index (κ3) is 5.91. The van der Waals surface area contributed by atoms with Gasteiger partial charge in [0.15, 0.2) is 11.5 Å². The van der Waals surface area contributed by atoms with Crippen LogP contribution in [-0.4, -0.2) is 36.5 Å². The van der Waals surface area contributed by atoms with Gasteiger partial charge in [-0.2, -0.15) is 0 Å². The van der Waals surface area contributed by atoms with Gasteiger partial charge in [-0.15, -0.1) is 0 Å². The smallest absolute Gasteiger partial charge is 0.232 e. The monoisotopic (exact) mass is 548 g/mol. The Balaban J connectivity index is 1.82. The largest absolute Gasteiger partial charge is 0.493 e. The Hall–Kier alpha value is -3.51. The van der Waals surface area contributed by atoms with Crippen molar-refractivity contribution in [1.29, 1.82) is 0 Å². The zero-order valence-corrected chi connectivity index (χ0v) is 24.3. The predicted octanol–water partition coefficient (Wildman–Crippen LogP) is 7.13. The molecule has 206 valence electrons. The van der Waals surface area contributed by atoms with Gasteiger partial charge in [-0.1, -0.05) is 42.8 Å². The van der Waals surface area contributed by atoms with Crippen molar-refractivity contribution in [2.24, 2.45) is 0 Å². The molecule has 0 radical (unpaired) electrons. The Labute approximate surface area is 236 Å². The van der Waals surface area contributed by atoms with E-state index >= 15 is 0 Å². The number of halogens is 1. The van der Waals surface area contributed by atoms with Crippen LogP contribution in [0.4, 0.5) is 5.69 Å². The zero-order valence-electron chi connectivity index (χ0n) is 23.5. The molecule has 0 fully saturated rings. The molecule has 3 aromatic carbocycles. The molecule has 0 aromatic heterocycles. The molecular weight excluding hydrogens is 512 g/mol. The number of anilines is 1. The van der Waals surface area contributed by atoms with Gasteiger partial charge < -0.3 is 19.3 Å². The topological polar surface area (TPSA) is 59.1 Å². The van der Waals surface area contributed by atoms with E-state index in [1.165, 1.54) is 0 Å². The van der Waals surface area contributed by atoms with Crippen molar-refractivity contribution in [3.05, 3.63) is 87.9 Å². The van der Waals surface area contributed by atoms with Crippen LogP contribution in [-0.2, 0) is 16.0 Å². The summed E-state index contributed by atoms with van der Waals surface area (Å²) in [7, 11) is 1.62. The maximum Gasteiger partial charge on any atom is 0.232 e. The third-order valence-electron chi connectivity index (χ3n) is 7.54. The predicted molar refractivity (Wildman–Crippen MR) is 156 cm³/mol. The molecular formula is C32H37ClN2O4. The Morgan fingerprint density at radius 3 is 2.28 bits per heavy atom. The molecule has 0 saturated heterocycles. The lowest BCUT2D eigenvalue weighted by atomic mass is 9.86. The van der Waals surface area contributed by atoms with Crippen molar-refractivity contribution in [2.75, 3.05) is 18.6 Å². The molecule has 0 spiro atoms. The van der Waals surface area contributed by atoms with E-state index in [1.807, 2.05) is 91.2 Å². The number of amides is 2. The van der Waals surface area contributed by atoms with Crippen LogP contribution in [0, 0.1) is 0 Å². The fourth-order valence-corrected chi connectivity index (χ4v) is 5.36. The molecule has 0 N–H and O–H groups in total. The Bertz CT molecular complexity index is 1320. The first-order valence-corrected chi connectivity index (χ1v) is 13.9. The normalized spacial score (nSPS) is 16.3. The zero-order chi connectivity index (χ0) is 28.3. The molecule has 1 aliphatic rings. The molecule has 1 heterocycles. The van der Waals surface area contributed by atoms with Crippen LogP contribution in [0.5, 0.6) is 11.5 Å². The average molecular weight is 549 g/mol. The molecule has 1 unspecified atom stereocenters. The van der Waals surface area contributed by atoms with Crippen molar-refractivity contribution in [1.82, 2.24) is 4.90 Å². The van der Waals surface area contributed by atoms with Crippen molar-refractivity contribution in [3.8, 4) is 11.5 Å². The summed E-state index contributed by atoms with van der Waals surface area (Å²) < 4.78 is 11.9. The quantitative estimate of drug-likeness (QED) is 0.285. The minimum absolute atomic E-state index is 0.0134. The lowest BCUT2D eigenvalue weighted by molar-refractivity contribution is -0.130. The van der Waals surface area contributed by atoms with Crippen molar-refractivity contribution in [2.45, 2.75) is 65.6 Å². The number of fused-ring (bicyclic) bond motifs is 1. The standard InChI is InChI=1S/C32H37ClN2O4/c1-7-20(3)39-30-19-28-25(17-29(30)38-6)18-31(37)35(32(28)24-9-13-26(33)14-10-24)27-15-11-23(12-16-27)21(4)34(8-2)22(5)36/h9-17,19-21,32H,7-8,18H2,1-6H3/t20?,21-,32-/m1/s1. The van der Waals surface area contributed by atoms with Crippen molar-refractivity contribution >= 4 is 29.1 Å². The molecule has 0 aliphatic carbocycles. The highest BCUT2D eigenvalue weighted by atomic mass is 35.5. The maximum absolute atomic E-state index is 13.8. The highest BCUT2D eigenvalue weighted by Gasteiger charge is 2.36. The molecule has 0 saturated carbocycles. The summed E-state index contributed by atoms with van der Waals surface area (Å²) in [5.74, 6) is 1.30. The second-order valence-electron chi connectivity index (χ2n) is 10.0. The molecule has 3 aromatic rings. The van der Waals surface area contributed by atoms with Crippen LogP contribution in [0.2, 0.25) is 5.02 Å². The minimum atomic E-state index is -0.378. The van der Waals surface area contributed by atoms with Gasteiger partial charge in [-0.3, -0.25) is 9.59 Å². The van der Waals surface area contributed by atoms with Gasteiger partial charge in [0, 0.05) is 24.2 Å². The van der Waals surface area contributed by atoms with Crippen LogP contribution in [0.25, 0.3) is 0 Å². The fraction of sp³-hybridized carbons (Fsp3) is 0.375. The summed E-state index contributed by atoms with van der Waals surface area (Å²) in [6.45, 7) is 10.3.